The second-order valence-electron chi connectivity index (χ2n) is 28.5. The molecule has 0 radical (unpaired) electrons. The molecule has 0 atom stereocenters. The van der Waals surface area contributed by atoms with E-state index >= 15 is 0 Å². The van der Waals surface area contributed by atoms with Gasteiger partial charge in [0.05, 0.1) is 26.4 Å². The van der Waals surface area contributed by atoms with E-state index < -0.39 is 118 Å². The van der Waals surface area contributed by atoms with E-state index in [1.54, 1.807) is 9.80 Å². The number of carbonyl (C=O) groups excluding carboxylic acids is 16. The molecule has 0 spiro atoms. The molecule has 0 unspecified atom stereocenters. The Kier molecular flexibility index (Phi) is 50.8. The van der Waals surface area contributed by atoms with Crippen molar-refractivity contribution in [3.63, 3.8) is 0 Å². The molecule has 4 rings (SSSR count). The summed E-state index contributed by atoms with van der Waals surface area (Å²) in [6.45, 7) is 49.3. The van der Waals surface area contributed by atoms with Crippen molar-refractivity contribution in [2.45, 2.75) is 80.1 Å². The van der Waals surface area contributed by atoms with Gasteiger partial charge in [-0.3, -0.25) is 0 Å². The summed E-state index contributed by atoms with van der Waals surface area (Å²) in [5.41, 5.74) is -4.49. The van der Waals surface area contributed by atoms with Gasteiger partial charge in [0, 0.05) is 122 Å². The topological polar surface area (TPSA) is 452 Å². The first-order chi connectivity index (χ1) is 57.6. The molecule has 0 aromatic rings. The molecule has 122 heavy (non-hydrogen) atoms. The molecule has 4 aliphatic rings. The minimum atomic E-state index is -1.37. The predicted octanol–water partition coefficient (Wildman–Crippen LogP) is 7.16. The van der Waals surface area contributed by atoms with Crippen LogP contribution in [0.2, 0.25) is 0 Å². The van der Waals surface area contributed by atoms with Crippen LogP contribution in [0.5, 0.6) is 0 Å². The third-order valence-electron chi connectivity index (χ3n) is 17.0. The van der Waals surface area contributed by atoms with Gasteiger partial charge in [-0.15, -0.1) is 0 Å². The van der Waals surface area contributed by atoms with Crippen LogP contribution in [-0.2, 0) is 143 Å². The molecule has 4 aliphatic heterocycles. The second-order valence-corrected chi connectivity index (χ2v) is 28.5. The van der Waals surface area contributed by atoms with Gasteiger partial charge in [-0.25, -0.2) is 76.7 Å². The van der Waals surface area contributed by atoms with E-state index in [1.807, 2.05) is 0 Å². The van der Waals surface area contributed by atoms with Crippen LogP contribution in [0.15, 0.2) is 149 Å². The first-order valence-electron chi connectivity index (χ1n) is 38.2. The highest BCUT2D eigenvalue weighted by Crippen LogP contribution is 2.28. The molecule has 38 nitrogen and oxygen atoms in total. The fourth-order valence-corrected chi connectivity index (χ4v) is 9.62. The molecular formula is C84H116N4O34. The molecule has 0 N–H and O–H groups in total. The van der Waals surface area contributed by atoms with Gasteiger partial charge in [0.2, 0.25) is 0 Å². The zero-order valence-electron chi connectivity index (χ0n) is 70.7. The average molecular weight is 1730 g/mol. The molecular weight excluding hydrogens is 1610 g/mol. The van der Waals surface area contributed by atoms with Crippen LogP contribution in [0.3, 0.4) is 0 Å². The molecule has 676 valence electrons. The van der Waals surface area contributed by atoms with Gasteiger partial charge in [-0.05, 0) is 80.1 Å². The number of nitrogens with zero attached hydrogens (tertiary/aromatic N) is 4. The lowest BCUT2D eigenvalue weighted by atomic mass is 9.92. The van der Waals surface area contributed by atoms with Crippen LogP contribution >= 0.6 is 0 Å². The van der Waals surface area contributed by atoms with Crippen LogP contribution < -0.4 is 0 Å². The second kappa shape index (κ2) is 57.6. The summed E-state index contributed by atoms with van der Waals surface area (Å²) in [6, 6.07) is 0. The van der Waals surface area contributed by atoms with Crippen LogP contribution in [-0.4, -0.2) is 300 Å². The summed E-state index contributed by atoms with van der Waals surface area (Å²) >= 11 is 0. The molecule has 0 bridgehead atoms. The maximum absolute atomic E-state index is 12.5. The van der Waals surface area contributed by atoms with Gasteiger partial charge < -0.3 is 105 Å². The molecule has 4 saturated heterocycles. The summed E-state index contributed by atoms with van der Waals surface area (Å²) in [7, 11) is 0. The highest BCUT2D eigenvalue weighted by molar-refractivity contribution is 5.90. The Hall–Kier alpha value is -12.5. The van der Waals surface area contributed by atoms with E-state index in [1.165, 1.54) is 51.3 Å². The van der Waals surface area contributed by atoms with Crippen LogP contribution in [0.25, 0.3) is 0 Å². The van der Waals surface area contributed by atoms with E-state index in [0.29, 0.717) is 78.8 Å². The molecule has 4 amide bonds. The molecule has 0 aliphatic carbocycles. The standard InChI is InChI=1S/C23H33NO8.C22H31NO9.C20H27NO8.C19H25NO9/c1-16(2)19(25)29-12-23(13-30-20(26)17(3)4,14-31-21(27)18(5)6)15-32-22(28)24-10-8-7-9-11-24;1-15(2)18(24)29-11-22(12-30-19(25)16(3)4,13-31-20(26)17(5)6)14-32-21(27)23-7-9-28-10-8-23;1-4-16(22)26-12-20(13-27-17(23)5-2,14-28-18(24)6-3)15-29-19(25)21-10-8-7-9-11-21;1-4-15(21)26-11-19(12-27-16(22)5-2,13-28-17(23)6-3)14-29-18(24)20-7-9-25-10-8-20/h1,3,5,7-15H2,2,4,6H3;1,3,5,7-14H2,2,4,6H3;4-6H,1-3,7-15H2;4-6H,1-3,7-14H2. The Bertz CT molecular complexity index is 3250. The number of hydrogen-bond donors (Lipinski definition) is 0. The zero-order chi connectivity index (χ0) is 92.0. The molecule has 4 fully saturated rings. The van der Waals surface area contributed by atoms with Crippen molar-refractivity contribution in [2.24, 2.45) is 21.7 Å². The maximum Gasteiger partial charge on any atom is 0.409 e. The molecule has 0 saturated carbocycles. The Morgan fingerprint density at radius 3 is 0.516 bits per heavy atom. The summed E-state index contributed by atoms with van der Waals surface area (Å²) < 4.78 is 93.8. The summed E-state index contributed by atoms with van der Waals surface area (Å²) in [5, 5.41) is 0. The highest BCUT2D eigenvalue weighted by Gasteiger charge is 2.43. The van der Waals surface area contributed by atoms with Gasteiger partial charge in [-0.2, -0.15) is 0 Å². The number of carbonyl (C=O) groups is 16. The summed E-state index contributed by atoms with van der Waals surface area (Å²) in [4.78, 5) is 197. The lowest BCUT2D eigenvalue weighted by Gasteiger charge is -2.33. The van der Waals surface area contributed by atoms with E-state index in [4.69, 9.17) is 85.3 Å². The van der Waals surface area contributed by atoms with E-state index in [2.05, 4.69) is 78.9 Å². The number of piperidine rings is 2. The Morgan fingerprint density at radius 2 is 0.369 bits per heavy atom. The third-order valence-corrected chi connectivity index (χ3v) is 17.0. The normalized spacial score (nSPS) is 13.6. The number of ether oxygens (including phenoxy) is 18. The molecule has 0 aromatic carbocycles. The van der Waals surface area contributed by atoms with Crippen molar-refractivity contribution in [2.75, 3.05) is 184 Å². The summed E-state index contributed by atoms with van der Waals surface area (Å²) in [6.07, 6.45) is 8.94. The largest absolute Gasteiger partial charge is 0.462 e. The van der Waals surface area contributed by atoms with Gasteiger partial charge in [-0.1, -0.05) is 78.9 Å². The van der Waals surface area contributed by atoms with Crippen molar-refractivity contribution >= 4 is 96.0 Å². The maximum atomic E-state index is 12.5. The average Bonchev–Trinajstić information content (AvgIpc) is 0.842. The van der Waals surface area contributed by atoms with E-state index in [0.717, 1.165) is 75.0 Å². The van der Waals surface area contributed by atoms with Crippen molar-refractivity contribution in [1.82, 2.24) is 19.6 Å². The smallest absolute Gasteiger partial charge is 0.409 e. The predicted molar refractivity (Wildman–Crippen MR) is 432 cm³/mol. The first-order valence-corrected chi connectivity index (χ1v) is 38.2. The first kappa shape index (κ1) is 108. The fraction of sp³-hybridized carbons (Fsp3) is 0.524. The number of morpholine rings is 2. The minimum Gasteiger partial charge on any atom is -0.462 e. The lowest BCUT2D eigenvalue weighted by molar-refractivity contribution is -0.163. The van der Waals surface area contributed by atoms with Crippen molar-refractivity contribution in [3.8, 4) is 0 Å². The minimum absolute atomic E-state index is 0.141. The number of rotatable bonds is 44. The quantitative estimate of drug-likeness (QED) is 0.0331. The number of hydrogen-bond acceptors (Lipinski definition) is 34. The van der Waals surface area contributed by atoms with E-state index in [-0.39, 0.29) is 139 Å². The highest BCUT2D eigenvalue weighted by atomic mass is 16.6. The molecule has 38 heteroatoms. The van der Waals surface area contributed by atoms with Gasteiger partial charge in [0.25, 0.3) is 0 Å². The van der Waals surface area contributed by atoms with Gasteiger partial charge >= 0.3 is 96.0 Å². The molecule has 0 aromatic heterocycles. The van der Waals surface area contributed by atoms with Gasteiger partial charge in [0.1, 0.15) is 127 Å². The van der Waals surface area contributed by atoms with Crippen molar-refractivity contribution in [1.29, 1.82) is 0 Å². The van der Waals surface area contributed by atoms with Crippen molar-refractivity contribution in [3.05, 3.63) is 149 Å². The third kappa shape index (κ3) is 43.5. The zero-order valence-corrected chi connectivity index (χ0v) is 70.7. The Labute approximate surface area is 709 Å². The number of likely N-dealkylation sites (tertiary alicyclic amines) is 2. The van der Waals surface area contributed by atoms with Crippen molar-refractivity contribution < 1.29 is 162 Å². The van der Waals surface area contributed by atoms with Crippen LogP contribution in [0, 0.1) is 21.7 Å². The number of amides is 4. The SMILES string of the molecule is C=C(C)C(=O)OCC(COC(=O)C(=C)C)(COC(=O)C(=C)C)COC(=O)N1CCCCC1.C=C(C)C(=O)OCC(COC(=O)C(=C)C)(COC(=O)C(=C)C)COC(=O)N1CCOCC1.C=CC(=O)OCC(COC(=O)C=C)(COC(=O)C=C)COC(=O)N1CCCCC1.C=CC(=O)OCC(COC(=O)C=C)(COC(=O)C=C)COC(=O)N1CCOCC1. The summed E-state index contributed by atoms with van der Waals surface area (Å²) in [5.74, 6) is -8.62. The van der Waals surface area contributed by atoms with E-state index in [9.17, 15) is 76.7 Å². The number of esters is 12. The monoisotopic (exact) mass is 1720 g/mol. The lowest BCUT2D eigenvalue weighted by Crippen LogP contribution is -2.47. The fourth-order valence-electron chi connectivity index (χ4n) is 9.62. The Balaban J connectivity index is 0.000000814. The molecule has 4 heterocycles. The van der Waals surface area contributed by atoms with Gasteiger partial charge in [0.15, 0.2) is 0 Å². The Morgan fingerprint density at radius 1 is 0.230 bits per heavy atom. The van der Waals surface area contributed by atoms with Crippen LogP contribution in [0.1, 0.15) is 80.1 Å². The van der Waals surface area contributed by atoms with Crippen LogP contribution in [0.4, 0.5) is 19.2 Å².